The number of pyridine rings is 1. The predicted octanol–water partition coefficient (Wildman–Crippen LogP) is 0.952. The summed E-state index contributed by atoms with van der Waals surface area (Å²) in [7, 11) is 3.62. The van der Waals surface area contributed by atoms with Gasteiger partial charge in [-0.1, -0.05) is 6.07 Å². The van der Waals surface area contributed by atoms with Gasteiger partial charge in [-0.05, 0) is 26.1 Å². The number of carbonyl (C=O) groups is 1. The van der Waals surface area contributed by atoms with Crippen LogP contribution in [0.25, 0.3) is 0 Å². The molecule has 3 heterocycles. The van der Waals surface area contributed by atoms with Crippen LogP contribution in [-0.4, -0.2) is 66.1 Å². The van der Waals surface area contributed by atoms with Crippen LogP contribution in [0, 0.1) is 0 Å². The first-order chi connectivity index (χ1) is 12.7. The van der Waals surface area contributed by atoms with Crippen LogP contribution in [0.5, 0.6) is 6.01 Å². The Balaban J connectivity index is 1.67. The number of methoxy groups -OCH3 is 1. The fourth-order valence-corrected chi connectivity index (χ4v) is 2.93. The van der Waals surface area contributed by atoms with Crippen molar-refractivity contribution in [3.8, 4) is 6.01 Å². The van der Waals surface area contributed by atoms with E-state index in [1.807, 2.05) is 12.1 Å². The molecule has 1 fully saturated rings. The molecular formula is C18H24N6O2. The standard InChI is InChI=1S/C18H24N6O2/c1-23-7-4-8-24(10-9-23)16-14(5-3-6-19-16)11-20-17(25)15-12-21-18(26-2)22-13-15/h3,5-6,12-13H,4,7-11H2,1-2H3,(H,20,25). The Hall–Kier alpha value is -2.74. The lowest BCUT2D eigenvalue weighted by Crippen LogP contribution is -2.31. The van der Waals surface area contributed by atoms with Gasteiger partial charge < -0.3 is 19.9 Å². The highest BCUT2D eigenvalue weighted by atomic mass is 16.5. The third kappa shape index (κ3) is 4.45. The van der Waals surface area contributed by atoms with Crippen molar-refractivity contribution in [1.82, 2.24) is 25.2 Å². The second-order valence-electron chi connectivity index (χ2n) is 6.27. The Morgan fingerprint density at radius 3 is 2.77 bits per heavy atom. The van der Waals surface area contributed by atoms with E-state index < -0.39 is 0 Å². The molecule has 1 amide bonds. The molecule has 8 heteroatoms. The zero-order valence-corrected chi connectivity index (χ0v) is 15.2. The summed E-state index contributed by atoms with van der Waals surface area (Å²) in [6, 6.07) is 4.13. The number of amides is 1. The lowest BCUT2D eigenvalue weighted by molar-refractivity contribution is 0.0950. The molecule has 2 aromatic rings. The van der Waals surface area contributed by atoms with E-state index in [2.05, 4.69) is 37.1 Å². The van der Waals surface area contributed by atoms with E-state index in [1.54, 1.807) is 6.20 Å². The topological polar surface area (TPSA) is 83.5 Å². The monoisotopic (exact) mass is 356 g/mol. The number of rotatable bonds is 5. The number of carbonyl (C=O) groups excluding carboxylic acids is 1. The van der Waals surface area contributed by atoms with Crippen molar-refractivity contribution in [3.05, 3.63) is 41.9 Å². The molecule has 1 aliphatic heterocycles. The zero-order valence-electron chi connectivity index (χ0n) is 15.2. The van der Waals surface area contributed by atoms with E-state index in [4.69, 9.17) is 4.74 Å². The van der Waals surface area contributed by atoms with Crippen LogP contribution in [-0.2, 0) is 6.54 Å². The molecule has 3 rings (SSSR count). The second kappa shape index (κ2) is 8.57. The van der Waals surface area contributed by atoms with Gasteiger partial charge in [-0.2, -0.15) is 0 Å². The lowest BCUT2D eigenvalue weighted by atomic mass is 10.2. The van der Waals surface area contributed by atoms with Crippen molar-refractivity contribution in [2.45, 2.75) is 13.0 Å². The summed E-state index contributed by atoms with van der Waals surface area (Å²) < 4.78 is 4.91. The number of aromatic nitrogens is 3. The van der Waals surface area contributed by atoms with Crippen molar-refractivity contribution >= 4 is 11.7 Å². The van der Waals surface area contributed by atoms with Gasteiger partial charge in [0, 0.05) is 50.3 Å². The molecule has 1 aliphatic rings. The van der Waals surface area contributed by atoms with Gasteiger partial charge in [0.1, 0.15) is 5.82 Å². The quantitative estimate of drug-likeness (QED) is 0.854. The summed E-state index contributed by atoms with van der Waals surface area (Å²) in [4.78, 5) is 29.4. The van der Waals surface area contributed by atoms with E-state index in [0.29, 0.717) is 12.1 Å². The van der Waals surface area contributed by atoms with E-state index >= 15 is 0 Å². The first-order valence-electron chi connectivity index (χ1n) is 8.69. The van der Waals surface area contributed by atoms with Gasteiger partial charge in [0.2, 0.25) is 0 Å². The maximum atomic E-state index is 12.3. The maximum absolute atomic E-state index is 12.3. The lowest BCUT2D eigenvalue weighted by Gasteiger charge is -2.24. The molecule has 0 saturated carbocycles. The van der Waals surface area contributed by atoms with Gasteiger partial charge >= 0.3 is 6.01 Å². The molecule has 0 aromatic carbocycles. The molecule has 0 bridgehead atoms. The van der Waals surface area contributed by atoms with Crippen LogP contribution in [0.4, 0.5) is 5.82 Å². The van der Waals surface area contributed by atoms with Gasteiger partial charge in [-0.15, -0.1) is 0 Å². The Morgan fingerprint density at radius 2 is 2.00 bits per heavy atom. The summed E-state index contributed by atoms with van der Waals surface area (Å²) >= 11 is 0. The third-order valence-electron chi connectivity index (χ3n) is 4.40. The predicted molar refractivity (Wildman–Crippen MR) is 98.3 cm³/mol. The molecule has 2 aromatic heterocycles. The van der Waals surface area contributed by atoms with Crippen LogP contribution in [0.1, 0.15) is 22.3 Å². The van der Waals surface area contributed by atoms with Gasteiger partial charge in [0.05, 0.1) is 12.7 Å². The van der Waals surface area contributed by atoms with Crippen molar-refractivity contribution in [1.29, 1.82) is 0 Å². The molecule has 0 aliphatic carbocycles. The normalized spacial score (nSPS) is 15.4. The highest BCUT2D eigenvalue weighted by Gasteiger charge is 2.17. The minimum absolute atomic E-state index is 0.224. The summed E-state index contributed by atoms with van der Waals surface area (Å²) in [6.07, 6.45) is 5.81. The van der Waals surface area contributed by atoms with Gasteiger partial charge in [0.15, 0.2) is 0 Å². The first-order valence-corrected chi connectivity index (χ1v) is 8.69. The molecule has 1 N–H and O–H groups in total. The average molecular weight is 356 g/mol. The largest absolute Gasteiger partial charge is 0.467 e. The highest BCUT2D eigenvalue weighted by Crippen LogP contribution is 2.19. The minimum atomic E-state index is -0.224. The molecule has 0 radical (unpaired) electrons. The fourth-order valence-electron chi connectivity index (χ4n) is 2.93. The number of nitrogens with zero attached hydrogens (tertiary/aromatic N) is 5. The second-order valence-corrected chi connectivity index (χ2v) is 6.27. The highest BCUT2D eigenvalue weighted by molar-refractivity contribution is 5.93. The van der Waals surface area contributed by atoms with E-state index in [-0.39, 0.29) is 11.9 Å². The number of nitrogens with one attached hydrogen (secondary N) is 1. The number of hydrogen-bond acceptors (Lipinski definition) is 7. The van der Waals surface area contributed by atoms with Crippen LogP contribution in [0.3, 0.4) is 0 Å². The maximum Gasteiger partial charge on any atom is 0.316 e. The third-order valence-corrected chi connectivity index (χ3v) is 4.40. The van der Waals surface area contributed by atoms with E-state index in [0.717, 1.165) is 44.0 Å². The average Bonchev–Trinajstić information content (AvgIpc) is 2.91. The first kappa shape index (κ1) is 18.1. The van der Waals surface area contributed by atoms with E-state index in [1.165, 1.54) is 19.5 Å². The van der Waals surface area contributed by atoms with Gasteiger partial charge in [-0.25, -0.2) is 15.0 Å². The number of anilines is 1. The van der Waals surface area contributed by atoms with Crippen LogP contribution in [0.2, 0.25) is 0 Å². The van der Waals surface area contributed by atoms with Crippen molar-refractivity contribution in [2.75, 3.05) is 45.2 Å². The Labute approximate surface area is 153 Å². The Bertz CT molecular complexity index is 737. The van der Waals surface area contributed by atoms with Crippen LogP contribution in [0.15, 0.2) is 30.7 Å². The molecule has 8 nitrogen and oxygen atoms in total. The molecule has 0 atom stereocenters. The Kier molecular flexibility index (Phi) is 5.96. The summed E-state index contributed by atoms with van der Waals surface area (Å²) in [5.41, 5.74) is 1.40. The Morgan fingerprint density at radius 1 is 1.19 bits per heavy atom. The SMILES string of the molecule is COc1ncc(C(=O)NCc2cccnc2N2CCCN(C)CC2)cn1. The minimum Gasteiger partial charge on any atom is -0.467 e. The van der Waals surface area contributed by atoms with Gasteiger partial charge in [-0.3, -0.25) is 4.79 Å². The van der Waals surface area contributed by atoms with Crippen LogP contribution < -0.4 is 15.0 Å². The van der Waals surface area contributed by atoms with Crippen LogP contribution >= 0.6 is 0 Å². The summed E-state index contributed by atoms with van der Waals surface area (Å²) in [6.45, 7) is 4.40. The number of hydrogen-bond donors (Lipinski definition) is 1. The molecular weight excluding hydrogens is 332 g/mol. The number of likely N-dealkylation sites (N-methyl/N-ethyl adjacent to an activating group) is 1. The molecule has 138 valence electrons. The van der Waals surface area contributed by atoms with Crippen molar-refractivity contribution < 1.29 is 9.53 Å². The summed E-state index contributed by atoms with van der Waals surface area (Å²) in [5, 5.41) is 2.92. The van der Waals surface area contributed by atoms with E-state index in [9.17, 15) is 4.79 Å². The van der Waals surface area contributed by atoms with Gasteiger partial charge in [0.25, 0.3) is 5.91 Å². The molecule has 0 unspecified atom stereocenters. The molecule has 26 heavy (non-hydrogen) atoms. The number of ether oxygens (including phenoxy) is 1. The van der Waals surface area contributed by atoms with Crippen molar-refractivity contribution in [3.63, 3.8) is 0 Å². The molecule has 0 spiro atoms. The fraction of sp³-hybridized carbons (Fsp3) is 0.444. The smallest absolute Gasteiger partial charge is 0.316 e. The zero-order chi connectivity index (χ0) is 18.4. The summed E-state index contributed by atoms with van der Waals surface area (Å²) in [5.74, 6) is 0.715. The molecule has 1 saturated heterocycles. The van der Waals surface area contributed by atoms with Crippen molar-refractivity contribution in [2.24, 2.45) is 0 Å².